The van der Waals surface area contributed by atoms with E-state index in [0.29, 0.717) is 23.5 Å². The minimum absolute atomic E-state index is 0.0613. The number of hydrogen-bond acceptors (Lipinski definition) is 3. The molecule has 0 aliphatic heterocycles. The quantitative estimate of drug-likeness (QED) is 0.566. The fourth-order valence-electron chi connectivity index (χ4n) is 3.44. The van der Waals surface area contributed by atoms with Crippen LogP contribution in [0.25, 0.3) is 21.8 Å². The number of amides is 1. The number of carbonyl (C=O) groups is 1. The highest BCUT2D eigenvalue weighted by Crippen LogP contribution is 2.26. The van der Waals surface area contributed by atoms with Gasteiger partial charge in [0.05, 0.1) is 6.20 Å². The van der Waals surface area contributed by atoms with E-state index in [1.54, 1.807) is 17.8 Å². The van der Waals surface area contributed by atoms with E-state index >= 15 is 0 Å². The van der Waals surface area contributed by atoms with E-state index in [2.05, 4.69) is 10.4 Å². The van der Waals surface area contributed by atoms with E-state index in [4.69, 9.17) is 11.6 Å². The molecule has 1 N–H and O–H groups in total. The number of nitrogens with zero attached hydrogens (tertiary/aromatic N) is 3. The van der Waals surface area contributed by atoms with E-state index in [1.807, 2.05) is 48.5 Å². The van der Waals surface area contributed by atoms with Crippen molar-refractivity contribution < 1.29 is 4.79 Å². The Kier molecular flexibility index (Phi) is 4.88. The molecule has 2 heterocycles. The van der Waals surface area contributed by atoms with Crippen LogP contribution in [0.15, 0.2) is 59.5 Å². The largest absolute Gasteiger partial charge is 0.354 e. The fourth-order valence-corrected chi connectivity index (χ4v) is 3.67. The lowest BCUT2D eigenvalue weighted by Gasteiger charge is -2.09. The number of carbonyl (C=O) groups excluding carboxylic acids is 1. The van der Waals surface area contributed by atoms with Crippen molar-refractivity contribution in [2.75, 3.05) is 6.54 Å². The first-order valence-electron chi connectivity index (χ1n) is 8.99. The topological polar surface area (TPSA) is 68.9 Å². The third-order valence-corrected chi connectivity index (χ3v) is 5.21. The summed E-state index contributed by atoms with van der Waals surface area (Å²) in [6.07, 6.45) is 2.31. The van der Waals surface area contributed by atoms with Gasteiger partial charge in [-0.1, -0.05) is 48.0 Å². The Labute approximate surface area is 166 Å². The molecule has 0 aliphatic carbocycles. The van der Waals surface area contributed by atoms with Crippen molar-refractivity contribution >= 4 is 39.3 Å². The van der Waals surface area contributed by atoms with Crippen molar-refractivity contribution in [3.8, 4) is 0 Å². The maximum absolute atomic E-state index is 12.7. The summed E-state index contributed by atoms with van der Waals surface area (Å²) in [6.45, 7) is 0.533. The maximum Gasteiger partial charge on any atom is 0.291 e. The fraction of sp³-hybridized carbons (Fsp3) is 0.190. The van der Waals surface area contributed by atoms with Gasteiger partial charge >= 0.3 is 0 Å². The molecule has 7 heteroatoms. The predicted molar refractivity (Wildman–Crippen MR) is 111 cm³/mol. The van der Waals surface area contributed by atoms with E-state index in [0.717, 1.165) is 21.9 Å². The molecule has 0 bridgehead atoms. The summed E-state index contributed by atoms with van der Waals surface area (Å²) in [7, 11) is 1.60. The van der Waals surface area contributed by atoms with Crippen molar-refractivity contribution in [2.24, 2.45) is 7.05 Å². The number of nitrogens with one attached hydrogen (secondary N) is 1. The highest BCUT2D eigenvalue weighted by atomic mass is 35.5. The molecule has 28 heavy (non-hydrogen) atoms. The highest BCUT2D eigenvalue weighted by molar-refractivity contribution is 6.31. The van der Waals surface area contributed by atoms with Gasteiger partial charge in [-0.05, 0) is 24.1 Å². The van der Waals surface area contributed by atoms with Crippen molar-refractivity contribution in [3.63, 3.8) is 0 Å². The lowest BCUT2D eigenvalue weighted by Crippen LogP contribution is -2.30. The molecule has 2 aromatic heterocycles. The third kappa shape index (κ3) is 3.27. The minimum atomic E-state index is -0.224. The van der Waals surface area contributed by atoms with E-state index in [9.17, 15) is 9.59 Å². The molecule has 0 atom stereocenters. The summed E-state index contributed by atoms with van der Waals surface area (Å²) >= 11 is 6.16. The third-order valence-electron chi connectivity index (χ3n) is 4.84. The van der Waals surface area contributed by atoms with Crippen LogP contribution in [0, 0.1) is 0 Å². The van der Waals surface area contributed by atoms with Gasteiger partial charge in [-0.2, -0.15) is 5.10 Å². The first kappa shape index (κ1) is 18.3. The SMILES string of the molecule is Cn1ncc2c3ccccc3n(CC(=O)NCCc3ccccc3Cl)c2c1=O. The molecular weight excluding hydrogens is 376 g/mol. The summed E-state index contributed by atoms with van der Waals surface area (Å²) < 4.78 is 3.05. The van der Waals surface area contributed by atoms with Gasteiger partial charge in [-0.15, -0.1) is 0 Å². The Morgan fingerprint density at radius 3 is 2.68 bits per heavy atom. The van der Waals surface area contributed by atoms with Crippen LogP contribution in [0.5, 0.6) is 0 Å². The molecule has 6 nitrogen and oxygen atoms in total. The molecule has 0 saturated heterocycles. The molecule has 0 saturated carbocycles. The average Bonchev–Trinajstić information content (AvgIpc) is 3.01. The monoisotopic (exact) mass is 394 g/mol. The molecule has 4 aromatic rings. The van der Waals surface area contributed by atoms with Crippen LogP contribution in [0.2, 0.25) is 5.02 Å². The molecule has 1 amide bonds. The number of benzene rings is 2. The normalized spacial score (nSPS) is 11.2. The van der Waals surface area contributed by atoms with Gasteiger partial charge in [0.25, 0.3) is 5.56 Å². The Morgan fingerprint density at radius 2 is 1.86 bits per heavy atom. The number of halogens is 1. The van der Waals surface area contributed by atoms with Crippen LogP contribution in [-0.4, -0.2) is 26.8 Å². The van der Waals surface area contributed by atoms with Crippen LogP contribution < -0.4 is 10.9 Å². The molecule has 0 unspecified atom stereocenters. The zero-order chi connectivity index (χ0) is 19.7. The smallest absolute Gasteiger partial charge is 0.291 e. The second-order valence-electron chi connectivity index (χ2n) is 6.63. The molecular formula is C21H19ClN4O2. The Hall–Kier alpha value is -3.12. The summed E-state index contributed by atoms with van der Waals surface area (Å²) in [6, 6.07) is 15.2. The first-order valence-corrected chi connectivity index (χ1v) is 9.37. The van der Waals surface area contributed by atoms with E-state index in [-0.39, 0.29) is 18.0 Å². The van der Waals surface area contributed by atoms with Gasteiger partial charge in [0.1, 0.15) is 12.1 Å². The Morgan fingerprint density at radius 1 is 1.11 bits per heavy atom. The minimum Gasteiger partial charge on any atom is -0.354 e. The van der Waals surface area contributed by atoms with Crippen LogP contribution in [0.4, 0.5) is 0 Å². The maximum atomic E-state index is 12.7. The molecule has 4 rings (SSSR count). The van der Waals surface area contributed by atoms with Crippen LogP contribution in [-0.2, 0) is 24.8 Å². The van der Waals surface area contributed by atoms with Crippen LogP contribution in [0.1, 0.15) is 5.56 Å². The van der Waals surface area contributed by atoms with Crippen molar-refractivity contribution in [1.82, 2.24) is 19.7 Å². The standard InChI is InChI=1S/C21H19ClN4O2/c1-25-21(28)20-16(12-24-25)15-7-3-5-9-18(15)26(20)13-19(27)23-11-10-14-6-2-4-8-17(14)22/h2-9,12H,10-11,13H2,1H3,(H,23,27). The van der Waals surface area contributed by atoms with Crippen LogP contribution >= 0.6 is 11.6 Å². The number of aromatic nitrogens is 3. The zero-order valence-corrected chi connectivity index (χ0v) is 16.1. The molecule has 0 aliphatic rings. The zero-order valence-electron chi connectivity index (χ0n) is 15.4. The highest BCUT2D eigenvalue weighted by Gasteiger charge is 2.16. The number of para-hydroxylation sites is 1. The van der Waals surface area contributed by atoms with Crippen molar-refractivity contribution in [2.45, 2.75) is 13.0 Å². The number of aryl methyl sites for hydroxylation is 1. The van der Waals surface area contributed by atoms with Crippen molar-refractivity contribution in [3.05, 3.63) is 75.7 Å². The Bertz CT molecular complexity index is 1240. The lowest BCUT2D eigenvalue weighted by atomic mass is 10.1. The molecule has 0 fully saturated rings. The van der Waals surface area contributed by atoms with Gasteiger partial charge in [0.15, 0.2) is 0 Å². The molecule has 2 aromatic carbocycles. The number of fused-ring (bicyclic) bond motifs is 3. The summed E-state index contributed by atoms with van der Waals surface area (Å²) in [5.74, 6) is -0.159. The van der Waals surface area contributed by atoms with Gasteiger partial charge in [0.2, 0.25) is 5.91 Å². The number of hydrogen-bond donors (Lipinski definition) is 1. The van der Waals surface area contributed by atoms with E-state index < -0.39 is 0 Å². The molecule has 0 spiro atoms. The second-order valence-corrected chi connectivity index (χ2v) is 7.04. The van der Waals surface area contributed by atoms with Gasteiger partial charge in [-0.3, -0.25) is 9.59 Å². The second kappa shape index (κ2) is 7.48. The van der Waals surface area contributed by atoms with Crippen molar-refractivity contribution in [1.29, 1.82) is 0 Å². The van der Waals surface area contributed by atoms with Gasteiger partial charge in [-0.25, -0.2) is 4.68 Å². The van der Waals surface area contributed by atoms with E-state index in [1.165, 1.54) is 4.68 Å². The Balaban J connectivity index is 1.60. The summed E-state index contributed by atoms with van der Waals surface area (Å²) in [5.41, 5.74) is 2.09. The predicted octanol–water partition coefficient (Wildman–Crippen LogP) is 2.90. The van der Waals surface area contributed by atoms with Gasteiger partial charge < -0.3 is 9.88 Å². The molecule has 0 radical (unpaired) electrons. The summed E-state index contributed by atoms with van der Waals surface area (Å²) in [4.78, 5) is 25.2. The van der Waals surface area contributed by atoms with Gasteiger partial charge in [0, 0.05) is 34.9 Å². The van der Waals surface area contributed by atoms with Crippen LogP contribution in [0.3, 0.4) is 0 Å². The average molecular weight is 395 g/mol. The lowest BCUT2D eigenvalue weighted by molar-refractivity contribution is -0.121. The first-order chi connectivity index (χ1) is 13.6. The molecule has 142 valence electrons. The number of rotatable bonds is 5. The summed E-state index contributed by atoms with van der Waals surface area (Å²) in [5, 5.41) is 9.39.